The highest BCUT2D eigenvalue weighted by molar-refractivity contribution is 6.00. The van der Waals surface area contributed by atoms with Gasteiger partial charge in [0.2, 0.25) is 6.41 Å². The van der Waals surface area contributed by atoms with Crippen LogP contribution in [0, 0.1) is 17.8 Å². The maximum absolute atomic E-state index is 13.1. The SMILES string of the molecule is CCC(=O)c1cc(C(=O)CC2[C@H]3COC[C@@H]23)cc(C(C)c2cccc3c2CCN3C=O)n1. The van der Waals surface area contributed by atoms with Crippen molar-refractivity contribution in [2.75, 3.05) is 24.7 Å². The van der Waals surface area contributed by atoms with Crippen LogP contribution in [0.25, 0.3) is 0 Å². The van der Waals surface area contributed by atoms with E-state index in [4.69, 9.17) is 4.74 Å². The molecule has 4 atom stereocenters. The molecule has 1 saturated carbocycles. The molecular formula is C26H28N2O4. The van der Waals surface area contributed by atoms with Crippen molar-refractivity contribution >= 4 is 23.7 Å². The van der Waals surface area contributed by atoms with Gasteiger partial charge in [-0.3, -0.25) is 14.4 Å². The lowest BCUT2D eigenvalue weighted by atomic mass is 9.90. The number of ketones is 2. The van der Waals surface area contributed by atoms with Gasteiger partial charge in [0.15, 0.2) is 11.6 Å². The number of carbonyl (C=O) groups excluding carboxylic acids is 3. The predicted octanol–water partition coefficient (Wildman–Crippen LogP) is 3.81. The fourth-order valence-corrected chi connectivity index (χ4v) is 5.41. The Balaban J connectivity index is 1.47. The number of Topliss-reactive ketones (excluding diaryl/α,β-unsaturated/α-hetero) is 2. The van der Waals surface area contributed by atoms with E-state index >= 15 is 0 Å². The van der Waals surface area contributed by atoms with Gasteiger partial charge in [0, 0.05) is 42.2 Å². The normalized spacial score (nSPS) is 24.1. The van der Waals surface area contributed by atoms with Crippen molar-refractivity contribution in [2.45, 2.75) is 39.0 Å². The number of rotatable bonds is 8. The summed E-state index contributed by atoms with van der Waals surface area (Å²) >= 11 is 0. The van der Waals surface area contributed by atoms with Crippen LogP contribution >= 0.6 is 0 Å². The molecule has 1 aliphatic carbocycles. The maximum Gasteiger partial charge on any atom is 0.214 e. The van der Waals surface area contributed by atoms with Crippen LogP contribution in [0.3, 0.4) is 0 Å². The second kappa shape index (κ2) is 8.24. The van der Waals surface area contributed by atoms with Gasteiger partial charge >= 0.3 is 0 Å². The molecule has 1 saturated heterocycles. The summed E-state index contributed by atoms with van der Waals surface area (Å²) < 4.78 is 5.45. The van der Waals surface area contributed by atoms with Crippen LogP contribution in [0.15, 0.2) is 30.3 Å². The van der Waals surface area contributed by atoms with E-state index in [0.717, 1.165) is 48.6 Å². The highest BCUT2D eigenvalue weighted by Gasteiger charge is 2.54. The molecule has 3 aliphatic rings. The summed E-state index contributed by atoms with van der Waals surface area (Å²) in [6.07, 6.45) is 2.51. The number of pyridine rings is 1. The lowest BCUT2D eigenvalue weighted by Crippen LogP contribution is -2.17. The number of hydrogen-bond donors (Lipinski definition) is 0. The topological polar surface area (TPSA) is 76.6 Å². The molecule has 0 spiro atoms. The Morgan fingerprint density at radius 2 is 2.00 bits per heavy atom. The van der Waals surface area contributed by atoms with Gasteiger partial charge in [0.1, 0.15) is 5.69 Å². The summed E-state index contributed by atoms with van der Waals surface area (Å²) in [5, 5.41) is 0. The van der Waals surface area contributed by atoms with Crippen molar-refractivity contribution in [1.29, 1.82) is 0 Å². The third kappa shape index (κ3) is 3.56. The van der Waals surface area contributed by atoms with Gasteiger partial charge in [-0.15, -0.1) is 0 Å². The quantitative estimate of drug-likeness (QED) is 0.468. The monoisotopic (exact) mass is 432 g/mol. The fraction of sp³-hybridized carbons (Fsp3) is 0.462. The second-order valence-corrected chi connectivity index (χ2v) is 9.21. The van der Waals surface area contributed by atoms with E-state index in [-0.39, 0.29) is 17.5 Å². The minimum atomic E-state index is -0.0959. The number of ether oxygens (including phenoxy) is 1. The molecule has 2 unspecified atom stereocenters. The Labute approximate surface area is 188 Å². The standard InChI is InChI=1S/C26H28N2O4/c1-3-25(30)23-10-16(26(31)11-19-20-12-32-13-21(19)20)9-22(27-23)15(2)17-5-4-6-24-18(17)7-8-28(24)14-29/h4-6,9-10,14-15,19-21H,3,7-8,11-13H2,1-2H3/t15?,19?,20-,21+. The van der Waals surface area contributed by atoms with Crippen molar-refractivity contribution in [1.82, 2.24) is 4.98 Å². The van der Waals surface area contributed by atoms with E-state index in [1.165, 1.54) is 0 Å². The number of anilines is 1. The summed E-state index contributed by atoms with van der Waals surface area (Å²) in [7, 11) is 0. The summed E-state index contributed by atoms with van der Waals surface area (Å²) in [6, 6.07) is 9.50. The molecule has 1 aromatic carbocycles. The number of aromatic nitrogens is 1. The molecule has 2 aliphatic heterocycles. The molecule has 0 bridgehead atoms. The number of benzene rings is 1. The molecular weight excluding hydrogens is 404 g/mol. The largest absolute Gasteiger partial charge is 0.381 e. The first kappa shape index (κ1) is 21.0. The van der Waals surface area contributed by atoms with Crippen molar-refractivity contribution < 1.29 is 19.1 Å². The molecule has 2 fully saturated rings. The molecule has 5 rings (SSSR count). The Morgan fingerprint density at radius 1 is 1.22 bits per heavy atom. The molecule has 0 N–H and O–H groups in total. The van der Waals surface area contributed by atoms with Crippen LogP contribution < -0.4 is 4.90 Å². The van der Waals surface area contributed by atoms with E-state index in [9.17, 15) is 14.4 Å². The van der Waals surface area contributed by atoms with E-state index < -0.39 is 0 Å². The number of amides is 1. The van der Waals surface area contributed by atoms with Gasteiger partial charge in [-0.1, -0.05) is 26.0 Å². The van der Waals surface area contributed by atoms with Crippen LogP contribution in [0.4, 0.5) is 5.69 Å². The maximum atomic E-state index is 13.1. The highest BCUT2D eigenvalue weighted by Crippen LogP contribution is 2.53. The minimum absolute atomic E-state index is 0.0600. The summed E-state index contributed by atoms with van der Waals surface area (Å²) in [5.41, 5.74) is 4.83. The molecule has 1 amide bonds. The first-order valence-corrected chi connectivity index (χ1v) is 11.5. The number of carbonyl (C=O) groups is 3. The summed E-state index contributed by atoms with van der Waals surface area (Å²) in [5.74, 6) is 1.36. The zero-order chi connectivity index (χ0) is 22.4. The zero-order valence-electron chi connectivity index (χ0n) is 18.5. The third-order valence-electron chi connectivity index (χ3n) is 7.46. The third-order valence-corrected chi connectivity index (χ3v) is 7.46. The van der Waals surface area contributed by atoms with Crippen LogP contribution in [0.2, 0.25) is 0 Å². The second-order valence-electron chi connectivity index (χ2n) is 9.21. The van der Waals surface area contributed by atoms with E-state index in [1.54, 1.807) is 11.0 Å². The predicted molar refractivity (Wildman–Crippen MR) is 120 cm³/mol. The summed E-state index contributed by atoms with van der Waals surface area (Å²) in [4.78, 5) is 43.5. The Bertz CT molecular complexity index is 1090. The molecule has 1 aromatic heterocycles. The van der Waals surface area contributed by atoms with Gasteiger partial charge in [-0.25, -0.2) is 4.98 Å². The molecule has 32 heavy (non-hydrogen) atoms. The van der Waals surface area contributed by atoms with Crippen LogP contribution in [-0.4, -0.2) is 42.7 Å². The van der Waals surface area contributed by atoms with Crippen LogP contribution in [-0.2, 0) is 16.0 Å². The number of hydrogen-bond acceptors (Lipinski definition) is 5. The smallest absolute Gasteiger partial charge is 0.214 e. The van der Waals surface area contributed by atoms with E-state index in [1.807, 2.05) is 25.1 Å². The van der Waals surface area contributed by atoms with E-state index in [2.05, 4.69) is 18.0 Å². The van der Waals surface area contributed by atoms with Crippen LogP contribution in [0.1, 0.15) is 70.3 Å². The molecule has 166 valence electrons. The molecule has 6 nitrogen and oxygen atoms in total. The molecule has 2 aromatic rings. The lowest BCUT2D eigenvalue weighted by molar-refractivity contribution is -0.107. The first-order valence-electron chi connectivity index (χ1n) is 11.5. The van der Waals surface area contributed by atoms with Gasteiger partial charge in [0.25, 0.3) is 0 Å². The average molecular weight is 433 g/mol. The van der Waals surface area contributed by atoms with Crippen molar-refractivity contribution in [2.24, 2.45) is 17.8 Å². The first-order chi connectivity index (χ1) is 15.5. The van der Waals surface area contributed by atoms with E-state index in [0.29, 0.717) is 48.4 Å². The van der Waals surface area contributed by atoms with Gasteiger partial charge in [-0.05, 0) is 53.5 Å². The van der Waals surface area contributed by atoms with Crippen LogP contribution in [0.5, 0.6) is 0 Å². The Kier molecular flexibility index (Phi) is 5.41. The molecule has 3 heterocycles. The number of fused-ring (bicyclic) bond motifs is 2. The average Bonchev–Trinajstić information content (AvgIpc) is 3.18. The Hall–Kier alpha value is -2.86. The summed E-state index contributed by atoms with van der Waals surface area (Å²) in [6.45, 7) is 6.06. The van der Waals surface area contributed by atoms with Gasteiger partial charge in [-0.2, -0.15) is 0 Å². The number of nitrogens with zero attached hydrogens (tertiary/aromatic N) is 2. The van der Waals surface area contributed by atoms with Crippen molar-refractivity contribution in [3.8, 4) is 0 Å². The molecule has 0 radical (unpaired) electrons. The van der Waals surface area contributed by atoms with Gasteiger partial charge < -0.3 is 9.64 Å². The molecule has 6 heteroatoms. The van der Waals surface area contributed by atoms with Gasteiger partial charge in [0.05, 0.1) is 13.2 Å². The highest BCUT2D eigenvalue weighted by atomic mass is 16.5. The zero-order valence-corrected chi connectivity index (χ0v) is 18.5. The Morgan fingerprint density at radius 3 is 2.72 bits per heavy atom. The van der Waals surface area contributed by atoms with Crippen molar-refractivity contribution in [3.63, 3.8) is 0 Å². The lowest BCUT2D eigenvalue weighted by Gasteiger charge is -2.18. The minimum Gasteiger partial charge on any atom is -0.381 e. The van der Waals surface area contributed by atoms with Crippen molar-refractivity contribution in [3.05, 3.63) is 58.4 Å². The fourth-order valence-electron chi connectivity index (χ4n) is 5.41.